The molecule has 5 heteroatoms. The summed E-state index contributed by atoms with van der Waals surface area (Å²) in [4.78, 5) is 28.4. The molecular formula is C31H31NO4. The largest absolute Gasteiger partial charge is 0.507 e. The molecule has 1 N–H and O–H groups in total. The lowest BCUT2D eigenvalue weighted by Crippen LogP contribution is -2.29. The van der Waals surface area contributed by atoms with Crippen LogP contribution in [0.25, 0.3) is 5.76 Å². The van der Waals surface area contributed by atoms with Crippen LogP contribution in [-0.4, -0.2) is 23.4 Å². The monoisotopic (exact) mass is 481 g/mol. The predicted octanol–water partition coefficient (Wildman–Crippen LogP) is 6.15. The van der Waals surface area contributed by atoms with Crippen molar-refractivity contribution in [1.29, 1.82) is 0 Å². The molecule has 2 aliphatic rings. The van der Waals surface area contributed by atoms with Crippen LogP contribution < -0.4 is 9.64 Å². The number of Topliss-reactive ketones (excluding diaryl/α,β-unsaturated/α-hetero) is 1. The maximum absolute atomic E-state index is 13.4. The molecule has 0 bridgehead atoms. The molecule has 1 atom stereocenters. The van der Waals surface area contributed by atoms with Gasteiger partial charge >= 0.3 is 0 Å². The van der Waals surface area contributed by atoms with Crippen molar-refractivity contribution in [2.24, 2.45) is 0 Å². The zero-order valence-corrected chi connectivity index (χ0v) is 20.8. The van der Waals surface area contributed by atoms with Crippen molar-refractivity contribution in [3.05, 3.63) is 100 Å². The van der Waals surface area contributed by atoms with E-state index >= 15 is 0 Å². The third kappa shape index (κ3) is 4.30. The van der Waals surface area contributed by atoms with Crippen molar-refractivity contribution in [1.82, 2.24) is 0 Å². The molecule has 1 saturated heterocycles. The Hall–Kier alpha value is -3.86. The average molecular weight is 482 g/mol. The molecule has 1 fully saturated rings. The molecular weight excluding hydrogens is 450 g/mol. The van der Waals surface area contributed by atoms with Crippen molar-refractivity contribution in [2.45, 2.75) is 52.0 Å². The van der Waals surface area contributed by atoms with Gasteiger partial charge in [0.2, 0.25) is 0 Å². The van der Waals surface area contributed by atoms with Gasteiger partial charge in [0, 0.05) is 17.7 Å². The van der Waals surface area contributed by atoms with Gasteiger partial charge in [-0.1, -0.05) is 56.7 Å². The Bertz CT molecular complexity index is 1320. The normalized spacial score (nSPS) is 18.4. The highest BCUT2D eigenvalue weighted by atomic mass is 16.5. The summed E-state index contributed by atoms with van der Waals surface area (Å²) in [5.41, 5.74) is 5.40. The van der Waals surface area contributed by atoms with Gasteiger partial charge in [-0.3, -0.25) is 14.5 Å². The molecule has 1 amide bonds. The van der Waals surface area contributed by atoms with Gasteiger partial charge in [0.25, 0.3) is 11.7 Å². The molecule has 0 aliphatic carbocycles. The number of unbranched alkanes of at least 4 members (excludes halogenated alkanes) is 1. The SMILES string of the molecule is CCCCc1ccc(N2C(=O)C(=O)/C(=C(\O)c3ccc4c(c3)CCO4)C2c2ccc(CC)cc2)cc1. The number of benzene rings is 3. The first kappa shape index (κ1) is 23.9. The second-order valence-corrected chi connectivity index (χ2v) is 9.46. The van der Waals surface area contributed by atoms with Crippen LogP contribution in [0.3, 0.4) is 0 Å². The number of hydrogen-bond acceptors (Lipinski definition) is 4. The number of anilines is 1. The summed E-state index contributed by atoms with van der Waals surface area (Å²) in [7, 11) is 0. The van der Waals surface area contributed by atoms with Crippen molar-refractivity contribution >= 4 is 23.1 Å². The van der Waals surface area contributed by atoms with E-state index in [0.29, 0.717) is 17.9 Å². The summed E-state index contributed by atoms with van der Waals surface area (Å²) < 4.78 is 5.59. The van der Waals surface area contributed by atoms with Crippen LogP contribution >= 0.6 is 0 Å². The smallest absolute Gasteiger partial charge is 0.300 e. The summed E-state index contributed by atoms with van der Waals surface area (Å²) in [6.07, 6.45) is 4.81. The zero-order chi connectivity index (χ0) is 25.2. The number of nitrogens with zero attached hydrogens (tertiary/aromatic N) is 1. The average Bonchev–Trinajstić information content (AvgIpc) is 3.49. The number of aliphatic hydroxyl groups excluding tert-OH is 1. The molecule has 3 aromatic rings. The summed E-state index contributed by atoms with van der Waals surface area (Å²) in [6.45, 7) is 4.84. The molecule has 0 spiro atoms. The number of fused-ring (bicyclic) bond motifs is 1. The highest BCUT2D eigenvalue weighted by Crippen LogP contribution is 2.43. The number of carbonyl (C=O) groups is 2. The molecule has 0 radical (unpaired) electrons. The van der Waals surface area contributed by atoms with E-state index < -0.39 is 17.7 Å². The van der Waals surface area contributed by atoms with E-state index in [4.69, 9.17) is 4.74 Å². The number of carbonyl (C=O) groups excluding carboxylic acids is 2. The van der Waals surface area contributed by atoms with Gasteiger partial charge < -0.3 is 9.84 Å². The number of ether oxygens (including phenoxy) is 1. The van der Waals surface area contributed by atoms with E-state index in [0.717, 1.165) is 54.5 Å². The highest BCUT2D eigenvalue weighted by Gasteiger charge is 2.47. The van der Waals surface area contributed by atoms with E-state index in [1.807, 2.05) is 60.7 Å². The Kier molecular flexibility index (Phi) is 6.64. The number of aryl methyl sites for hydroxylation is 2. The van der Waals surface area contributed by atoms with Crippen LogP contribution in [0.5, 0.6) is 5.75 Å². The quantitative estimate of drug-likeness (QED) is 0.250. The van der Waals surface area contributed by atoms with Gasteiger partial charge in [-0.15, -0.1) is 0 Å². The molecule has 0 saturated carbocycles. The van der Waals surface area contributed by atoms with E-state index in [2.05, 4.69) is 13.8 Å². The van der Waals surface area contributed by atoms with Gasteiger partial charge in [0.05, 0.1) is 18.2 Å². The lowest BCUT2D eigenvalue weighted by Gasteiger charge is -2.26. The van der Waals surface area contributed by atoms with E-state index in [1.165, 1.54) is 10.5 Å². The maximum Gasteiger partial charge on any atom is 0.300 e. The van der Waals surface area contributed by atoms with Crippen LogP contribution in [0.2, 0.25) is 0 Å². The minimum absolute atomic E-state index is 0.109. The lowest BCUT2D eigenvalue weighted by atomic mass is 9.93. The minimum atomic E-state index is -0.720. The van der Waals surface area contributed by atoms with E-state index in [-0.39, 0.29) is 11.3 Å². The van der Waals surface area contributed by atoms with Crippen LogP contribution in [0.1, 0.15) is 60.5 Å². The summed E-state index contributed by atoms with van der Waals surface area (Å²) in [5.74, 6) is -0.674. The molecule has 5 nitrogen and oxygen atoms in total. The Morgan fingerprint density at radius 1 is 0.972 bits per heavy atom. The van der Waals surface area contributed by atoms with Crippen molar-refractivity contribution < 1.29 is 19.4 Å². The first-order valence-corrected chi connectivity index (χ1v) is 12.8. The van der Waals surface area contributed by atoms with Crippen LogP contribution in [0.4, 0.5) is 5.69 Å². The Morgan fingerprint density at radius 2 is 1.69 bits per heavy atom. The summed E-state index contributed by atoms with van der Waals surface area (Å²) >= 11 is 0. The maximum atomic E-state index is 13.4. The van der Waals surface area contributed by atoms with Gasteiger partial charge in [0.1, 0.15) is 11.5 Å². The standard InChI is InChI=1S/C31H31NO4/c1-3-5-6-21-9-14-25(15-10-21)32-28(22-11-7-20(4-2)8-12-22)27(30(34)31(32)35)29(33)24-13-16-26-23(19-24)17-18-36-26/h7-16,19,28,33H,3-6,17-18H2,1-2H3/b29-27-. The molecule has 2 heterocycles. The fourth-order valence-electron chi connectivity index (χ4n) is 5.04. The molecule has 36 heavy (non-hydrogen) atoms. The molecule has 1 unspecified atom stereocenters. The minimum Gasteiger partial charge on any atom is -0.507 e. The van der Waals surface area contributed by atoms with Crippen molar-refractivity contribution in [3.8, 4) is 5.75 Å². The number of rotatable bonds is 7. The third-order valence-corrected chi connectivity index (χ3v) is 7.14. The summed E-state index contributed by atoms with van der Waals surface area (Å²) in [6, 6.07) is 20.4. The molecule has 2 aliphatic heterocycles. The topological polar surface area (TPSA) is 66.8 Å². The Morgan fingerprint density at radius 3 is 2.39 bits per heavy atom. The van der Waals surface area contributed by atoms with Gasteiger partial charge in [-0.05, 0) is 71.8 Å². The first-order valence-electron chi connectivity index (χ1n) is 12.8. The molecule has 3 aromatic carbocycles. The molecule has 0 aromatic heterocycles. The van der Waals surface area contributed by atoms with Crippen molar-refractivity contribution in [2.75, 3.05) is 11.5 Å². The number of ketones is 1. The highest BCUT2D eigenvalue weighted by molar-refractivity contribution is 6.51. The zero-order valence-electron chi connectivity index (χ0n) is 20.8. The number of aliphatic hydroxyl groups is 1. The first-order chi connectivity index (χ1) is 17.5. The fourth-order valence-corrected chi connectivity index (χ4v) is 5.04. The number of hydrogen-bond donors (Lipinski definition) is 1. The molecule has 5 rings (SSSR count). The van der Waals surface area contributed by atoms with Crippen LogP contribution in [0, 0.1) is 0 Å². The van der Waals surface area contributed by atoms with E-state index in [9.17, 15) is 14.7 Å². The number of amides is 1. The summed E-state index contributed by atoms with van der Waals surface area (Å²) in [5, 5.41) is 11.4. The van der Waals surface area contributed by atoms with E-state index in [1.54, 1.807) is 6.07 Å². The van der Waals surface area contributed by atoms with Crippen LogP contribution in [0.15, 0.2) is 72.3 Å². The predicted molar refractivity (Wildman–Crippen MR) is 141 cm³/mol. The second kappa shape index (κ2) is 10.0. The van der Waals surface area contributed by atoms with Gasteiger partial charge in [0.15, 0.2) is 0 Å². The van der Waals surface area contributed by atoms with Crippen molar-refractivity contribution in [3.63, 3.8) is 0 Å². The second-order valence-electron chi connectivity index (χ2n) is 9.46. The lowest BCUT2D eigenvalue weighted by molar-refractivity contribution is -0.132. The molecule has 184 valence electrons. The fraction of sp³-hybridized carbons (Fsp3) is 0.290. The van der Waals surface area contributed by atoms with Gasteiger partial charge in [-0.2, -0.15) is 0 Å². The Balaban J connectivity index is 1.62. The Labute approximate surface area is 212 Å². The third-order valence-electron chi connectivity index (χ3n) is 7.14. The van der Waals surface area contributed by atoms with Crippen LogP contribution in [-0.2, 0) is 28.9 Å². The van der Waals surface area contributed by atoms with Gasteiger partial charge in [-0.25, -0.2) is 0 Å².